The average molecular weight is 855 g/mol. The van der Waals surface area contributed by atoms with E-state index in [2.05, 4.69) is 199 Å². The van der Waals surface area contributed by atoms with E-state index in [1.165, 1.54) is 77.2 Å². The SMILES string of the molecule is Cc1ccc(-c2cc3c(-c4ccc(C(C)(C)C)cc4)cccc3[cH-]2)nc1.Cc1ccc(-c2cc3c(-c4ccc(C(C)(C)C)cc4)cccc3[cH-]2)nc1.[Hf]. The Kier molecular flexibility index (Phi) is 11.0. The van der Waals surface area contributed by atoms with Crippen molar-refractivity contribution in [2.45, 2.75) is 66.2 Å². The summed E-state index contributed by atoms with van der Waals surface area (Å²) in [6.45, 7) is 17.6. The Balaban J connectivity index is 0.000000178. The first-order valence-electron chi connectivity index (χ1n) is 18.3. The van der Waals surface area contributed by atoms with E-state index in [9.17, 15) is 0 Å². The van der Waals surface area contributed by atoms with Crippen LogP contribution in [-0.4, -0.2) is 9.97 Å². The van der Waals surface area contributed by atoms with Gasteiger partial charge in [0.1, 0.15) is 0 Å². The quantitative estimate of drug-likeness (QED) is 0.130. The summed E-state index contributed by atoms with van der Waals surface area (Å²) in [7, 11) is 0. The molecule has 0 atom stereocenters. The zero-order chi connectivity index (χ0) is 36.6. The molecule has 0 aliphatic rings. The minimum Gasteiger partial charge on any atom is -0.295 e. The van der Waals surface area contributed by atoms with Crippen LogP contribution in [0.5, 0.6) is 0 Å². The summed E-state index contributed by atoms with van der Waals surface area (Å²) in [6, 6.07) is 48.5. The minimum atomic E-state index is 0. The van der Waals surface area contributed by atoms with Crippen molar-refractivity contribution >= 4 is 21.5 Å². The summed E-state index contributed by atoms with van der Waals surface area (Å²) in [5.74, 6) is 0. The molecule has 0 aliphatic carbocycles. The first-order valence-corrected chi connectivity index (χ1v) is 18.3. The van der Waals surface area contributed by atoms with Gasteiger partial charge in [0.2, 0.25) is 0 Å². The Morgan fingerprint density at radius 1 is 0.453 bits per heavy atom. The number of pyridine rings is 2. The number of hydrogen-bond donors (Lipinski definition) is 0. The summed E-state index contributed by atoms with van der Waals surface area (Å²) >= 11 is 0. The van der Waals surface area contributed by atoms with E-state index < -0.39 is 0 Å². The van der Waals surface area contributed by atoms with Crippen LogP contribution in [0.2, 0.25) is 0 Å². The monoisotopic (exact) mass is 856 g/mol. The number of benzene rings is 4. The molecular formula is C50H48HfN2-2. The van der Waals surface area contributed by atoms with E-state index in [0.29, 0.717) is 0 Å². The molecule has 2 heterocycles. The van der Waals surface area contributed by atoms with Crippen LogP contribution in [0.15, 0.2) is 146 Å². The van der Waals surface area contributed by atoms with Gasteiger partial charge in [-0.2, -0.15) is 0 Å². The van der Waals surface area contributed by atoms with Crippen molar-refractivity contribution in [2.75, 3.05) is 0 Å². The van der Waals surface area contributed by atoms with Gasteiger partial charge in [0.15, 0.2) is 0 Å². The van der Waals surface area contributed by atoms with Gasteiger partial charge in [-0.1, -0.05) is 150 Å². The van der Waals surface area contributed by atoms with Crippen LogP contribution in [0.3, 0.4) is 0 Å². The zero-order valence-corrected chi connectivity index (χ0v) is 35.8. The van der Waals surface area contributed by atoms with Gasteiger partial charge in [0.05, 0.1) is 0 Å². The molecule has 53 heavy (non-hydrogen) atoms. The number of nitrogens with zero attached hydrogens (tertiary/aromatic N) is 2. The molecule has 0 radical (unpaired) electrons. The number of fused-ring (bicyclic) bond motifs is 2. The topological polar surface area (TPSA) is 25.8 Å². The third-order valence-electron chi connectivity index (χ3n) is 10.0. The summed E-state index contributed by atoms with van der Waals surface area (Å²) in [4.78, 5) is 9.17. The third kappa shape index (κ3) is 8.42. The van der Waals surface area contributed by atoms with E-state index in [1.807, 2.05) is 12.4 Å². The number of aryl methyl sites for hydroxylation is 2. The van der Waals surface area contributed by atoms with Crippen LogP contribution >= 0.6 is 0 Å². The molecule has 0 spiro atoms. The molecule has 0 saturated heterocycles. The predicted molar refractivity (Wildman–Crippen MR) is 223 cm³/mol. The largest absolute Gasteiger partial charge is 0.295 e. The standard InChI is InChI=1S/2C25H24N.Hf/c2*1-17-8-13-24(26-16-17)20-14-19-6-5-7-22(23(19)15-20)18-9-11-21(12-10-18)25(2,3)4;/h2*5-16H,1-4H3;/q2*-1;. The Labute approximate surface area is 334 Å². The third-order valence-corrected chi connectivity index (χ3v) is 10.0. The average Bonchev–Trinajstić information content (AvgIpc) is 3.77. The molecule has 0 bridgehead atoms. The Hall–Kier alpha value is -4.73. The van der Waals surface area contributed by atoms with E-state index in [1.54, 1.807) is 0 Å². The van der Waals surface area contributed by atoms with Gasteiger partial charge >= 0.3 is 0 Å². The maximum absolute atomic E-state index is 4.58. The van der Waals surface area contributed by atoms with Crippen molar-refractivity contribution in [3.8, 4) is 44.8 Å². The number of rotatable bonds is 4. The fraction of sp³-hybridized carbons (Fsp3) is 0.200. The maximum Gasteiger partial charge on any atom is 0.0212 e. The van der Waals surface area contributed by atoms with E-state index >= 15 is 0 Å². The summed E-state index contributed by atoms with van der Waals surface area (Å²) in [6.07, 6.45) is 3.86. The summed E-state index contributed by atoms with van der Waals surface area (Å²) < 4.78 is 0. The summed E-state index contributed by atoms with van der Waals surface area (Å²) in [5.41, 5.74) is 14.9. The molecule has 2 aromatic heterocycles. The molecule has 0 unspecified atom stereocenters. The molecule has 2 nitrogen and oxygen atoms in total. The molecule has 0 fully saturated rings. The second-order valence-electron chi connectivity index (χ2n) is 16.2. The Morgan fingerprint density at radius 2 is 0.830 bits per heavy atom. The van der Waals surface area contributed by atoms with Gasteiger partial charge in [-0.05, 0) is 58.1 Å². The second-order valence-corrected chi connectivity index (χ2v) is 16.2. The van der Waals surface area contributed by atoms with Gasteiger partial charge in [-0.3, -0.25) is 9.97 Å². The van der Waals surface area contributed by atoms with Gasteiger partial charge in [-0.15, -0.1) is 69.1 Å². The van der Waals surface area contributed by atoms with Crippen molar-refractivity contribution in [1.82, 2.24) is 9.97 Å². The van der Waals surface area contributed by atoms with Crippen LogP contribution in [0.25, 0.3) is 66.3 Å². The van der Waals surface area contributed by atoms with E-state index in [0.717, 1.165) is 11.4 Å². The van der Waals surface area contributed by atoms with Gasteiger partial charge < -0.3 is 0 Å². The molecule has 0 saturated carbocycles. The van der Waals surface area contributed by atoms with Crippen molar-refractivity contribution in [3.05, 3.63) is 168 Å². The molecule has 0 aliphatic heterocycles. The first kappa shape index (κ1) is 38.0. The second kappa shape index (κ2) is 15.3. The van der Waals surface area contributed by atoms with Crippen molar-refractivity contribution < 1.29 is 25.8 Å². The normalized spacial score (nSPS) is 11.6. The van der Waals surface area contributed by atoms with Crippen LogP contribution in [0.1, 0.15) is 63.8 Å². The fourth-order valence-corrected chi connectivity index (χ4v) is 6.85. The van der Waals surface area contributed by atoms with Crippen molar-refractivity contribution in [2.24, 2.45) is 0 Å². The molecular weight excluding hydrogens is 807 g/mol. The Bertz CT molecular complexity index is 2270. The van der Waals surface area contributed by atoms with Crippen molar-refractivity contribution in [1.29, 1.82) is 0 Å². The number of hydrogen-bond acceptors (Lipinski definition) is 2. The smallest absolute Gasteiger partial charge is 0.0212 e. The van der Waals surface area contributed by atoms with Crippen LogP contribution in [0.4, 0.5) is 0 Å². The summed E-state index contributed by atoms with van der Waals surface area (Å²) in [5, 5.41) is 5.10. The molecule has 0 amide bonds. The van der Waals surface area contributed by atoms with Gasteiger partial charge in [-0.25, -0.2) is 0 Å². The molecule has 6 aromatic carbocycles. The molecule has 264 valence electrons. The predicted octanol–water partition coefficient (Wildman–Crippen LogP) is 13.8. The van der Waals surface area contributed by atoms with Crippen LogP contribution in [-0.2, 0) is 36.7 Å². The van der Waals surface area contributed by atoms with Crippen LogP contribution in [0, 0.1) is 13.8 Å². The fourth-order valence-electron chi connectivity index (χ4n) is 6.85. The molecule has 0 N–H and O–H groups in total. The number of aromatic nitrogens is 2. The zero-order valence-electron chi connectivity index (χ0n) is 32.3. The molecule has 3 heteroatoms. The first-order chi connectivity index (χ1) is 24.8. The Morgan fingerprint density at radius 3 is 1.15 bits per heavy atom. The molecule has 8 rings (SSSR count). The minimum absolute atomic E-state index is 0. The maximum atomic E-state index is 4.58. The van der Waals surface area contributed by atoms with E-state index in [4.69, 9.17) is 0 Å². The van der Waals surface area contributed by atoms with Crippen LogP contribution < -0.4 is 0 Å². The van der Waals surface area contributed by atoms with Gasteiger partial charge in [0.25, 0.3) is 0 Å². The van der Waals surface area contributed by atoms with E-state index in [-0.39, 0.29) is 36.7 Å². The van der Waals surface area contributed by atoms with Crippen molar-refractivity contribution in [3.63, 3.8) is 0 Å². The molecule has 8 aromatic rings. The van der Waals surface area contributed by atoms with Gasteiger partial charge in [0, 0.05) is 49.6 Å².